The van der Waals surface area contributed by atoms with Crippen LogP contribution in [-0.4, -0.2) is 23.9 Å². The third-order valence-electron chi connectivity index (χ3n) is 1.73. The predicted octanol–water partition coefficient (Wildman–Crippen LogP) is 1.07. The van der Waals surface area contributed by atoms with E-state index in [0.29, 0.717) is 5.56 Å². The highest BCUT2D eigenvalue weighted by Gasteiger charge is 2.08. The van der Waals surface area contributed by atoms with Crippen LogP contribution in [0.3, 0.4) is 0 Å². The summed E-state index contributed by atoms with van der Waals surface area (Å²) in [4.78, 5) is 0. The Hall–Kier alpha value is -1.29. The minimum atomic E-state index is -0.535. The maximum Gasteiger partial charge on any atom is 0.160 e. The fraction of sp³-hybridized carbons (Fsp3) is 0.333. The second kappa shape index (κ2) is 4.09. The lowest BCUT2D eigenvalue weighted by atomic mass is 10.1. The first-order chi connectivity index (χ1) is 6.19. The molecule has 72 valence electrons. The number of aliphatic hydroxyl groups excluding tert-OH is 1. The van der Waals surface area contributed by atoms with Crippen molar-refractivity contribution in [3.63, 3.8) is 0 Å². The number of ether oxygens (including phenoxy) is 1. The Bertz CT molecular complexity index is 299. The number of hydrogen-bond donors (Lipinski definition) is 2. The van der Waals surface area contributed by atoms with Gasteiger partial charge in [0.2, 0.25) is 0 Å². The van der Waals surface area contributed by atoms with Gasteiger partial charge in [-0.25, -0.2) is 4.39 Å². The molecule has 0 heterocycles. The van der Waals surface area contributed by atoms with Crippen LogP contribution < -0.4 is 4.74 Å². The third-order valence-corrected chi connectivity index (χ3v) is 1.73. The summed E-state index contributed by atoms with van der Waals surface area (Å²) in [5.41, 5.74) is 0.331. The fourth-order valence-corrected chi connectivity index (χ4v) is 1.06. The van der Waals surface area contributed by atoms with Crippen LogP contribution in [0.15, 0.2) is 12.1 Å². The van der Waals surface area contributed by atoms with Crippen molar-refractivity contribution in [2.24, 2.45) is 0 Å². The molecule has 0 saturated heterocycles. The first-order valence-corrected chi connectivity index (χ1v) is 3.85. The van der Waals surface area contributed by atoms with Crippen molar-refractivity contribution < 1.29 is 19.3 Å². The van der Waals surface area contributed by atoms with Crippen LogP contribution in [0.2, 0.25) is 0 Å². The van der Waals surface area contributed by atoms with E-state index >= 15 is 0 Å². The van der Waals surface area contributed by atoms with Gasteiger partial charge in [0.15, 0.2) is 11.5 Å². The highest BCUT2D eigenvalue weighted by atomic mass is 19.1. The van der Waals surface area contributed by atoms with Crippen LogP contribution in [0.5, 0.6) is 11.5 Å². The molecule has 0 fully saturated rings. The van der Waals surface area contributed by atoms with Crippen molar-refractivity contribution in [1.29, 1.82) is 0 Å². The van der Waals surface area contributed by atoms with Crippen molar-refractivity contribution in [1.82, 2.24) is 0 Å². The molecule has 1 aromatic carbocycles. The van der Waals surface area contributed by atoms with E-state index in [1.54, 1.807) is 0 Å². The summed E-state index contributed by atoms with van der Waals surface area (Å²) in [6.45, 7) is -0.134. The molecule has 0 atom stereocenters. The van der Waals surface area contributed by atoms with Gasteiger partial charge >= 0.3 is 0 Å². The van der Waals surface area contributed by atoms with E-state index < -0.39 is 5.82 Å². The smallest absolute Gasteiger partial charge is 0.160 e. The van der Waals surface area contributed by atoms with Crippen LogP contribution in [0.4, 0.5) is 4.39 Å². The number of benzene rings is 1. The first-order valence-electron chi connectivity index (χ1n) is 3.85. The van der Waals surface area contributed by atoms with E-state index in [-0.39, 0.29) is 24.5 Å². The Morgan fingerprint density at radius 2 is 2.15 bits per heavy atom. The summed E-state index contributed by atoms with van der Waals surface area (Å²) in [5, 5.41) is 17.8. The van der Waals surface area contributed by atoms with Crippen LogP contribution in [0.1, 0.15) is 5.56 Å². The highest BCUT2D eigenvalue weighted by Crippen LogP contribution is 2.28. The van der Waals surface area contributed by atoms with Crippen molar-refractivity contribution in [2.45, 2.75) is 6.42 Å². The van der Waals surface area contributed by atoms with Crippen molar-refractivity contribution in [3.05, 3.63) is 23.5 Å². The normalized spacial score (nSPS) is 10.1. The maximum absolute atomic E-state index is 13.0. The van der Waals surface area contributed by atoms with Gasteiger partial charge in [-0.3, -0.25) is 0 Å². The number of rotatable bonds is 3. The molecule has 0 aromatic heterocycles. The van der Waals surface area contributed by atoms with Gasteiger partial charge < -0.3 is 14.9 Å². The Labute approximate surface area is 75.4 Å². The van der Waals surface area contributed by atoms with E-state index in [9.17, 15) is 4.39 Å². The Morgan fingerprint density at radius 1 is 1.46 bits per heavy atom. The van der Waals surface area contributed by atoms with E-state index in [4.69, 9.17) is 14.9 Å². The van der Waals surface area contributed by atoms with Crippen LogP contribution >= 0.6 is 0 Å². The molecule has 0 radical (unpaired) electrons. The molecule has 0 aliphatic carbocycles. The molecular formula is C9H11FO3. The quantitative estimate of drug-likeness (QED) is 0.742. The van der Waals surface area contributed by atoms with Gasteiger partial charge in [0.25, 0.3) is 0 Å². The number of aliphatic hydroxyl groups is 1. The molecular weight excluding hydrogens is 175 g/mol. The lowest BCUT2D eigenvalue weighted by Gasteiger charge is -2.06. The summed E-state index contributed by atoms with van der Waals surface area (Å²) in [6, 6.07) is 2.35. The largest absolute Gasteiger partial charge is 0.504 e. The maximum atomic E-state index is 13.0. The van der Waals surface area contributed by atoms with Crippen molar-refractivity contribution in [3.8, 4) is 11.5 Å². The molecule has 0 unspecified atom stereocenters. The zero-order chi connectivity index (χ0) is 9.84. The van der Waals surface area contributed by atoms with Crippen molar-refractivity contribution in [2.75, 3.05) is 13.7 Å². The molecule has 0 aliphatic rings. The molecule has 13 heavy (non-hydrogen) atoms. The van der Waals surface area contributed by atoms with Crippen molar-refractivity contribution >= 4 is 0 Å². The van der Waals surface area contributed by atoms with Gasteiger partial charge in [0, 0.05) is 12.7 Å². The number of aromatic hydroxyl groups is 1. The number of methoxy groups -OCH3 is 1. The number of phenolic OH excluding ortho intramolecular Hbond substituents is 1. The van der Waals surface area contributed by atoms with Gasteiger partial charge in [0.1, 0.15) is 5.82 Å². The lowest BCUT2D eigenvalue weighted by molar-refractivity contribution is 0.297. The van der Waals surface area contributed by atoms with Gasteiger partial charge in [-0.15, -0.1) is 0 Å². The van der Waals surface area contributed by atoms with E-state index in [1.165, 1.54) is 13.2 Å². The molecule has 1 rings (SSSR count). The van der Waals surface area contributed by atoms with Gasteiger partial charge in [-0.05, 0) is 18.1 Å². The summed E-state index contributed by atoms with van der Waals surface area (Å²) in [7, 11) is 1.38. The van der Waals surface area contributed by atoms with Gasteiger partial charge in [0.05, 0.1) is 7.11 Å². The second-order valence-electron chi connectivity index (χ2n) is 2.59. The Kier molecular flexibility index (Phi) is 3.08. The van der Waals surface area contributed by atoms with Gasteiger partial charge in [-0.2, -0.15) is 0 Å². The average Bonchev–Trinajstić information content (AvgIpc) is 2.10. The number of halogens is 1. The SMILES string of the molecule is COc1cc(CCO)c(F)cc1O. The monoisotopic (exact) mass is 186 g/mol. The van der Waals surface area contributed by atoms with Crippen LogP contribution in [0, 0.1) is 5.82 Å². The first kappa shape index (κ1) is 9.80. The minimum Gasteiger partial charge on any atom is -0.504 e. The average molecular weight is 186 g/mol. The predicted molar refractivity (Wildman–Crippen MR) is 45.4 cm³/mol. The lowest BCUT2D eigenvalue weighted by Crippen LogP contribution is -1.96. The molecule has 4 heteroatoms. The minimum absolute atomic E-state index is 0.134. The molecule has 0 bridgehead atoms. The molecule has 2 N–H and O–H groups in total. The van der Waals surface area contributed by atoms with E-state index in [1.807, 2.05) is 0 Å². The number of hydrogen-bond acceptors (Lipinski definition) is 3. The second-order valence-corrected chi connectivity index (χ2v) is 2.59. The van der Waals surface area contributed by atoms with Crippen LogP contribution in [-0.2, 0) is 6.42 Å². The fourth-order valence-electron chi connectivity index (χ4n) is 1.06. The molecule has 0 aliphatic heterocycles. The zero-order valence-corrected chi connectivity index (χ0v) is 7.25. The van der Waals surface area contributed by atoms with Crippen LogP contribution in [0.25, 0.3) is 0 Å². The van der Waals surface area contributed by atoms with E-state index in [2.05, 4.69) is 0 Å². The van der Waals surface area contributed by atoms with E-state index in [0.717, 1.165) is 6.07 Å². The molecule has 3 nitrogen and oxygen atoms in total. The number of phenols is 1. The summed E-state index contributed by atoms with van der Waals surface area (Å²) in [6.07, 6.45) is 0.211. The summed E-state index contributed by atoms with van der Waals surface area (Å²) >= 11 is 0. The zero-order valence-electron chi connectivity index (χ0n) is 7.25. The Balaban J connectivity index is 3.06. The summed E-state index contributed by atoms with van der Waals surface area (Å²) < 4.78 is 17.8. The molecule has 0 saturated carbocycles. The highest BCUT2D eigenvalue weighted by molar-refractivity contribution is 5.42. The molecule has 1 aromatic rings. The summed E-state index contributed by atoms with van der Waals surface area (Å²) in [5.74, 6) is -0.557. The standard InChI is InChI=1S/C9H11FO3/c1-13-9-4-6(2-3-11)7(10)5-8(9)12/h4-5,11-12H,2-3H2,1H3. The van der Waals surface area contributed by atoms with Gasteiger partial charge in [-0.1, -0.05) is 0 Å². The Morgan fingerprint density at radius 3 is 2.69 bits per heavy atom. The topological polar surface area (TPSA) is 49.7 Å². The third kappa shape index (κ3) is 2.09. The molecule has 0 amide bonds. The molecule has 0 spiro atoms.